The molecule has 0 spiro atoms. The van der Waals surface area contributed by atoms with E-state index in [0.29, 0.717) is 22.6 Å². The highest BCUT2D eigenvalue weighted by atomic mass is 32.2. The number of nitrogens with zero attached hydrogens (tertiary/aromatic N) is 1. The van der Waals surface area contributed by atoms with Crippen LogP contribution in [0.5, 0.6) is 0 Å². The Kier molecular flexibility index (Phi) is 5.71. The normalized spacial score (nSPS) is 12.6. The number of ether oxygens (including phenoxy) is 1. The SMILES string of the molecule is O=C(OCc1ccco1)c1ccc2c(c1)N(Cc1ccc(F)cc1)C(=O)c1ccccc1S2. The number of amides is 1. The minimum Gasteiger partial charge on any atom is -0.466 e. The van der Waals surface area contributed by atoms with Crippen molar-refractivity contribution in [3.05, 3.63) is 113 Å². The van der Waals surface area contributed by atoms with Crippen LogP contribution in [0.3, 0.4) is 0 Å². The summed E-state index contributed by atoms with van der Waals surface area (Å²) in [6, 6.07) is 22.0. The number of hydrogen-bond acceptors (Lipinski definition) is 5. The number of furan rings is 1. The molecule has 5 nitrogen and oxygen atoms in total. The van der Waals surface area contributed by atoms with E-state index in [4.69, 9.17) is 9.15 Å². The van der Waals surface area contributed by atoms with Crippen LogP contribution in [0.25, 0.3) is 0 Å². The molecule has 7 heteroatoms. The number of anilines is 1. The molecule has 0 fully saturated rings. The maximum absolute atomic E-state index is 13.5. The smallest absolute Gasteiger partial charge is 0.338 e. The summed E-state index contributed by atoms with van der Waals surface area (Å²) < 4.78 is 24.0. The highest BCUT2D eigenvalue weighted by Crippen LogP contribution is 2.42. The number of esters is 1. The highest BCUT2D eigenvalue weighted by molar-refractivity contribution is 7.99. The fourth-order valence-electron chi connectivity index (χ4n) is 3.59. The van der Waals surface area contributed by atoms with Crippen LogP contribution >= 0.6 is 11.8 Å². The predicted molar refractivity (Wildman–Crippen MR) is 122 cm³/mol. The lowest BCUT2D eigenvalue weighted by molar-refractivity contribution is 0.0445. The summed E-state index contributed by atoms with van der Waals surface area (Å²) in [5.41, 5.74) is 2.26. The van der Waals surface area contributed by atoms with Crippen LogP contribution in [0, 0.1) is 5.82 Å². The maximum Gasteiger partial charge on any atom is 0.338 e. The highest BCUT2D eigenvalue weighted by Gasteiger charge is 2.28. The molecule has 0 radical (unpaired) electrons. The minimum absolute atomic E-state index is 0.0152. The van der Waals surface area contributed by atoms with Gasteiger partial charge in [0.05, 0.1) is 29.6 Å². The Labute approximate surface area is 193 Å². The van der Waals surface area contributed by atoms with Gasteiger partial charge < -0.3 is 14.1 Å². The fourth-order valence-corrected chi connectivity index (χ4v) is 4.65. The number of halogens is 1. The van der Waals surface area contributed by atoms with Crippen molar-refractivity contribution in [2.75, 3.05) is 4.90 Å². The zero-order valence-corrected chi connectivity index (χ0v) is 18.2. The maximum atomic E-state index is 13.5. The molecule has 4 aromatic rings. The third kappa shape index (κ3) is 4.40. The van der Waals surface area contributed by atoms with Gasteiger partial charge >= 0.3 is 5.97 Å². The molecule has 1 aliphatic rings. The van der Waals surface area contributed by atoms with E-state index in [1.165, 1.54) is 30.2 Å². The third-order valence-corrected chi connectivity index (χ3v) is 6.39. The van der Waals surface area contributed by atoms with Gasteiger partial charge in [-0.05, 0) is 60.2 Å². The van der Waals surface area contributed by atoms with Gasteiger partial charge in [-0.2, -0.15) is 0 Å². The van der Waals surface area contributed by atoms with Gasteiger partial charge in [-0.25, -0.2) is 9.18 Å². The molecule has 1 aromatic heterocycles. The van der Waals surface area contributed by atoms with Crippen LogP contribution in [-0.2, 0) is 17.9 Å². The molecule has 2 heterocycles. The summed E-state index contributed by atoms with van der Waals surface area (Å²) >= 11 is 1.47. The average molecular weight is 459 g/mol. The molecule has 3 aromatic carbocycles. The third-order valence-electron chi connectivity index (χ3n) is 5.25. The molecule has 1 amide bonds. The first-order valence-corrected chi connectivity index (χ1v) is 11.1. The molecule has 0 bridgehead atoms. The number of carbonyl (C=O) groups excluding carboxylic acids is 2. The van der Waals surface area contributed by atoms with Crippen LogP contribution in [0.4, 0.5) is 10.1 Å². The van der Waals surface area contributed by atoms with Gasteiger partial charge in [0.25, 0.3) is 5.91 Å². The Morgan fingerprint density at radius 2 is 1.79 bits per heavy atom. The molecule has 33 heavy (non-hydrogen) atoms. The van der Waals surface area contributed by atoms with E-state index >= 15 is 0 Å². The van der Waals surface area contributed by atoms with Crippen molar-refractivity contribution >= 4 is 29.3 Å². The van der Waals surface area contributed by atoms with Crippen molar-refractivity contribution in [1.82, 2.24) is 0 Å². The van der Waals surface area contributed by atoms with Crippen molar-refractivity contribution in [3.8, 4) is 0 Å². The Hall–Kier alpha value is -3.84. The summed E-state index contributed by atoms with van der Waals surface area (Å²) in [5.74, 6) is -0.515. The van der Waals surface area contributed by atoms with Gasteiger partial charge in [0, 0.05) is 9.79 Å². The van der Waals surface area contributed by atoms with E-state index in [-0.39, 0.29) is 24.9 Å². The number of hydrogen-bond donors (Lipinski definition) is 0. The number of carbonyl (C=O) groups is 2. The van der Waals surface area contributed by atoms with Gasteiger partial charge in [0.1, 0.15) is 18.2 Å². The van der Waals surface area contributed by atoms with E-state index in [2.05, 4.69) is 0 Å². The first-order chi connectivity index (χ1) is 16.1. The van der Waals surface area contributed by atoms with Crippen LogP contribution in [-0.4, -0.2) is 11.9 Å². The average Bonchev–Trinajstić information content (AvgIpc) is 3.33. The van der Waals surface area contributed by atoms with E-state index in [1.807, 2.05) is 24.3 Å². The molecule has 1 aliphatic heterocycles. The first kappa shape index (κ1) is 21.0. The van der Waals surface area contributed by atoms with Crippen LogP contribution in [0.2, 0.25) is 0 Å². The van der Waals surface area contributed by atoms with E-state index in [0.717, 1.165) is 15.4 Å². The minimum atomic E-state index is -0.518. The van der Waals surface area contributed by atoms with E-state index in [1.54, 1.807) is 47.4 Å². The summed E-state index contributed by atoms with van der Waals surface area (Å²) in [7, 11) is 0. The molecule has 0 atom stereocenters. The Bertz CT molecular complexity index is 1320. The Morgan fingerprint density at radius 3 is 2.58 bits per heavy atom. The molecular weight excluding hydrogens is 441 g/mol. The predicted octanol–water partition coefficient (Wildman–Crippen LogP) is 6.09. The van der Waals surface area contributed by atoms with Gasteiger partial charge in [-0.1, -0.05) is 36.0 Å². The summed E-state index contributed by atoms with van der Waals surface area (Å²) in [6.07, 6.45) is 1.51. The summed E-state index contributed by atoms with van der Waals surface area (Å²) in [4.78, 5) is 29.5. The van der Waals surface area contributed by atoms with Crippen LogP contribution in [0.15, 0.2) is 99.3 Å². The monoisotopic (exact) mass is 459 g/mol. The van der Waals surface area contributed by atoms with Crippen molar-refractivity contribution < 1.29 is 23.1 Å². The Morgan fingerprint density at radius 1 is 0.970 bits per heavy atom. The van der Waals surface area contributed by atoms with Gasteiger partial charge in [0.15, 0.2) is 0 Å². The lowest BCUT2D eigenvalue weighted by Crippen LogP contribution is -2.30. The molecule has 0 saturated heterocycles. The zero-order chi connectivity index (χ0) is 22.8. The van der Waals surface area contributed by atoms with Crippen molar-refractivity contribution in [2.45, 2.75) is 22.9 Å². The van der Waals surface area contributed by atoms with Crippen LogP contribution < -0.4 is 4.90 Å². The number of fused-ring (bicyclic) bond motifs is 2. The second-order valence-electron chi connectivity index (χ2n) is 7.45. The Balaban J connectivity index is 1.51. The second-order valence-corrected chi connectivity index (χ2v) is 8.54. The van der Waals surface area contributed by atoms with E-state index in [9.17, 15) is 14.0 Å². The number of benzene rings is 3. The van der Waals surface area contributed by atoms with Crippen molar-refractivity contribution in [1.29, 1.82) is 0 Å². The van der Waals surface area contributed by atoms with Crippen molar-refractivity contribution in [2.24, 2.45) is 0 Å². The molecule has 0 unspecified atom stereocenters. The summed E-state index contributed by atoms with van der Waals surface area (Å²) in [5, 5.41) is 0. The van der Waals surface area contributed by atoms with Gasteiger partial charge in [-0.15, -0.1) is 0 Å². The quantitative estimate of drug-likeness (QED) is 0.338. The van der Waals surface area contributed by atoms with Crippen LogP contribution in [0.1, 0.15) is 32.0 Å². The van der Waals surface area contributed by atoms with E-state index < -0.39 is 5.97 Å². The lowest BCUT2D eigenvalue weighted by atomic mass is 10.1. The fraction of sp³-hybridized carbons (Fsp3) is 0.0769. The van der Waals surface area contributed by atoms with Gasteiger partial charge in [0.2, 0.25) is 0 Å². The molecule has 164 valence electrons. The zero-order valence-electron chi connectivity index (χ0n) is 17.4. The largest absolute Gasteiger partial charge is 0.466 e. The lowest BCUT2D eigenvalue weighted by Gasteiger charge is -2.23. The molecule has 5 rings (SSSR count). The topological polar surface area (TPSA) is 59.8 Å². The molecule has 0 aliphatic carbocycles. The molecule has 0 N–H and O–H groups in total. The standard InChI is InChI=1S/C26H18FNO4S/c27-19-10-7-17(8-11-19)15-28-22-14-18(26(30)32-16-20-4-3-13-31-20)9-12-24(22)33-23-6-2-1-5-21(23)25(28)29/h1-14H,15-16H2. The molecular formula is C26H18FNO4S. The molecule has 0 saturated carbocycles. The van der Waals surface area contributed by atoms with Gasteiger partial charge in [-0.3, -0.25) is 4.79 Å². The second kappa shape index (κ2) is 8.96. The number of rotatable bonds is 5. The first-order valence-electron chi connectivity index (χ1n) is 10.3. The summed E-state index contributed by atoms with van der Waals surface area (Å²) in [6.45, 7) is 0.243. The van der Waals surface area contributed by atoms with Crippen molar-refractivity contribution in [3.63, 3.8) is 0 Å².